The number of nitrogens with zero attached hydrogens (tertiary/aromatic N) is 2. The standard InChI is InChI=1S/C14H15N3O2/c1-9(11-4-3-7-15-8-11)16-13-6-5-12(14(18)19)10(2)17-13/h3-9H,1-2H3,(H,16,17)(H,18,19). The van der Waals surface area contributed by atoms with Crippen LogP contribution >= 0.6 is 0 Å². The monoisotopic (exact) mass is 257 g/mol. The molecular weight excluding hydrogens is 242 g/mol. The van der Waals surface area contributed by atoms with E-state index in [2.05, 4.69) is 15.3 Å². The van der Waals surface area contributed by atoms with Crippen LogP contribution < -0.4 is 5.32 Å². The summed E-state index contributed by atoms with van der Waals surface area (Å²) in [6.45, 7) is 3.68. The smallest absolute Gasteiger partial charge is 0.337 e. The van der Waals surface area contributed by atoms with Crippen molar-refractivity contribution in [1.82, 2.24) is 9.97 Å². The Morgan fingerprint density at radius 1 is 1.37 bits per heavy atom. The molecule has 0 aliphatic heterocycles. The molecule has 2 heterocycles. The number of aromatic nitrogens is 2. The van der Waals surface area contributed by atoms with Crippen LogP contribution in [-0.2, 0) is 0 Å². The molecule has 2 N–H and O–H groups in total. The molecule has 0 saturated carbocycles. The molecule has 0 amide bonds. The summed E-state index contributed by atoms with van der Waals surface area (Å²) < 4.78 is 0. The third-order valence-corrected chi connectivity index (χ3v) is 2.87. The minimum Gasteiger partial charge on any atom is -0.478 e. The molecule has 0 saturated heterocycles. The van der Waals surface area contributed by atoms with Crippen molar-refractivity contribution < 1.29 is 9.90 Å². The first-order valence-electron chi connectivity index (χ1n) is 5.95. The highest BCUT2D eigenvalue weighted by Gasteiger charge is 2.10. The SMILES string of the molecule is Cc1nc(NC(C)c2cccnc2)ccc1C(=O)O. The quantitative estimate of drug-likeness (QED) is 0.880. The third-order valence-electron chi connectivity index (χ3n) is 2.87. The summed E-state index contributed by atoms with van der Waals surface area (Å²) in [7, 11) is 0. The summed E-state index contributed by atoms with van der Waals surface area (Å²) in [4.78, 5) is 19.2. The molecule has 0 aromatic carbocycles. The largest absolute Gasteiger partial charge is 0.478 e. The average Bonchev–Trinajstić information content (AvgIpc) is 2.39. The fraction of sp³-hybridized carbons (Fsp3) is 0.214. The second-order valence-electron chi connectivity index (χ2n) is 4.29. The molecule has 0 radical (unpaired) electrons. The van der Waals surface area contributed by atoms with E-state index < -0.39 is 5.97 Å². The lowest BCUT2D eigenvalue weighted by Gasteiger charge is -2.15. The van der Waals surface area contributed by atoms with Crippen LogP contribution in [0.2, 0.25) is 0 Å². The maximum absolute atomic E-state index is 10.9. The second kappa shape index (κ2) is 5.48. The van der Waals surface area contributed by atoms with Crippen molar-refractivity contribution >= 4 is 11.8 Å². The maximum Gasteiger partial charge on any atom is 0.337 e. The van der Waals surface area contributed by atoms with Gasteiger partial charge in [-0.25, -0.2) is 9.78 Å². The summed E-state index contributed by atoms with van der Waals surface area (Å²) in [5.41, 5.74) is 1.76. The molecule has 19 heavy (non-hydrogen) atoms. The normalized spacial score (nSPS) is 11.9. The molecule has 5 heteroatoms. The van der Waals surface area contributed by atoms with E-state index in [4.69, 9.17) is 5.11 Å². The van der Waals surface area contributed by atoms with Crippen LogP contribution in [0, 0.1) is 6.92 Å². The Bertz CT molecular complexity index is 584. The number of hydrogen-bond donors (Lipinski definition) is 2. The number of nitrogens with one attached hydrogen (secondary N) is 1. The van der Waals surface area contributed by atoms with Crippen molar-refractivity contribution in [1.29, 1.82) is 0 Å². The molecule has 1 atom stereocenters. The van der Waals surface area contributed by atoms with Gasteiger partial charge in [0.1, 0.15) is 5.82 Å². The van der Waals surface area contributed by atoms with Crippen molar-refractivity contribution in [3.8, 4) is 0 Å². The van der Waals surface area contributed by atoms with Crippen LogP contribution in [0.25, 0.3) is 0 Å². The lowest BCUT2D eigenvalue weighted by molar-refractivity contribution is 0.0695. The van der Waals surface area contributed by atoms with Gasteiger partial charge in [-0.2, -0.15) is 0 Å². The van der Waals surface area contributed by atoms with Crippen LogP contribution in [0.5, 0.6) is 0 Å². The van der Waals surface area contributed by atoms with Crippen molar-refractivity contribution in [3.05, 3.63) is 53.5 Å². The first-order valence-corrected chi connectivity index (χ1v) is 5.95. The first-order chi connectivity index (χ1) is 9.08. The van der Waals surface area contributed by atoms with Gasteiger partial charge >= 0.3 is 5.97 Å². The summed E-state index contributed by atoms with van der Waals surface area (Å²) in [5.74, 6) is -0.310. The number of carboxylic acids is 1. The maximum atomic E-state index is 10.9. The summed E-state index contributed by atoms with van der Waals surface area (Å²) in [5, 5.41) is 12.2. The zero-order valence-corrected chi connectivity index (χ0v) is 10.8. The fourth-order valence-electron chi connectivity index (χ4n) is 1.80. The Balaban J connectivity index is 2.16. The van der Waals surface area contributed by atoms with Gasteiger partial charge in [0.2, 0.25) is 0 Å². The van der Waals surface area contributed by atoms with Crippen LogP contribution in [0.3, 0.4) is 0 Å². The zero-order chi connectivity index (χ0) is 13.8. The second-order valence-corrected chi connectivity index (χ2v) is 4.29. The topological polar surface area (TPSA) is 75.1 Å². The number of rotatable bonds is 4. The van der Waals surface area contributed by atoms with E-state index >= 15 is 0 Å². The average molecular weight is 257 g/mol. The molecule has 0 bridgehead atoms. The van der Waals surface area contributed by atoms with Gasteiger partial charge in [-0.05, 0) is 37.6 Å². The van der Waals surface area contributed by atoms with Gasteiger partial charge in [-0.3, -0.25) is 4.98 Å². The Hall–Kier alpha value is -2.43. The van der Waals surface area contributed by atoms with E-state index in [9.17, 15) is 4.79 Å². The van der Waals surface area contributed by atoms with Gasteiger partial charge in [0.15, 0.2) is 0 Å². The number of pyridine rings is 2. The van der Waals surface area contributed by atoms with E-state index in [1.54, 1.807) is 31.5 Å². The van der Waals surface area contributed by atoms with E-state index in [1.807, 2.05) is 19.1 Å². The van der Waals surface area contributed by atoms with Crippen molar-refractivity contribution in [2.75, 3.05) is 5.32 Å². The summed E-state index contributed by atoms with van der Waals surface area (Å²) in [6, 6.07) is 7.13. The molecule has 0 aliphatic rings. The Morgan fingerprint density at radius 2 is 2.16 bits per heavy atom. The van der Waals surface area contributed by atoms with Crippen LogP contribution in [0.1, 0.15) is 34.6 Å². The van der Waals surface area contributed by atoms with Gasteiger partial charge in [0.05, 0.1) is 17.3 Å². The molecule has 2 aromatic heterocycles. The highest BCUT2D eigenvalue weighted by atomic mass is 16.4. The highest BCUT2D eigenvalue weighted by molar-refractivity contribution is 5.89. The minimum absolute atomic E-state index is 0.0521. The third kappa shape index (κ3) is 3.07. The van der Waals surface area contributed by atoms with Crippen LogP contribution in [0.15, 0.2) is 36.7 Å². The first kappa shape index (κ1) is 13.0. The van der Waals surface area contributed by atoms with E-state index in [0.29, 0.717) is 11.5 Å². The summed E-state index contributed by atoms with van der Waals surface area (Å²) >= 11 is 0. The predicted octanol–water partition coefficient (Wildman–Crippen LogP) is 2.66. The molecule has 1 unspecified atom stereocenters. The zero-order valence-electron chi connectivity index (χ0n) is 10.8. The van der Waals surface area contributed by atoms with Gasteiger partial charge in [-0.15, -0.1) is 0 Å². The van der Waals surface area contributed by atoms with Gasteiger partial charge in [0.25, 0.3) is 0 Å². The van der Waals surface area contributed by atoms with Crippen molar-refractivity contribution in [2.24, 2.45) is 0 Å². The number of aromatic carboxylic acids is 1. The molecule has 2 rings (SSSR count). The van der Waals surface area contributed by atoms with Crippen molar-refractivity contribution in [3.63, 3.8) is 0 Å². The van der Waals surface area contributed by atoms with Gasteiger partial charge in [-0.1, -0.05) is 6.07 Å². The number of aryl methyl sites for hydroxylation is 1. The number of carboxylic acid groups (broad SMARTS) is 1. The molecule has 0 aliphatic carbocycles. The van der Waals surface area contributed by atoms with E-state index in [-0.39, 0.29) is 11.6 Å². The molecular formula is C14H15N3O2. The van der Waals surface area contributed by atoms with Crippen LogP contribution in [0.4, 0.5) is 5.82 Å². The Kier molecular flexibility index (Phi) is 3.75. The molecule has 2 aromatic rings. The minimum atomic E-state index is -0.961. The molecule has 0 spiro atoms. The van der Waals surface area contributed by atoms with E-state index in [0.717, 1.165) is 5.56 Å². The number of hydrogen-bond acceptors (Lipinski definition) is 4. The van der Waals surface area contributed by atoms with Gasteiger partial charge < -0.3 is 10.4 Å². The lowest BCUT2D eigenvalue weighted by Crippen LogP contribution is -2.10. The van der Waals surface area contributed by atoms with Crippen molar-refractivity contribution in [2.45, 2.75) is 19.9 Å². The fourth-order valence-corrected chi connectivity index (χ4v) is 1.80. The van der Waals surface area contributed by atoms with Crippen LogP contribution in [-0.4, -0.2) is 21.0 Å². The number of anilines is 1. The van der Waals surface area contributed by atoms with Gasteiger partial charge in [0, 0.05) is 12.4 Å². The predicted molar refractivity (Wildman–Crippen MR) is 72.2 cm³/mol. The molecule has 98 valence electrons. The highest BCUT2D eigenvalue weighted by Crippen LogP contribution is 2.18. The number of carbonyl (C=O) groups is 1. The molecule has 5 nitrogen and oxygen atoms in total. The molecule has 0 fully saturated rings. The Labute approximate surface area is 111 Å². The van der Waals surface area contributed by atoms with E-state index in [1.165, 1.54) is 0 Å². The lowest BCUT2D eigenvalue weighted by atomic mass is 10.1. The summed E-state index contributed by atoms with van der Waals surface area (Å²) in [6.07, 6.45) is 3.51. The Morgan fingerprint density at radius 3 is 2.74 bits per heavy atom.